The van der Waals surface area contributed by atoms with Crippen molar-refractivity contribution in [2.24, 2.45) is 10.7 Å². The van der Waals surface area contributed by atoms with E-state index < -0.39 is 16.4 Å². The van der Waals surface area contributed by atoms with Gasteiger partial charge < -0.3 is 5.73 Å². The first-order valence-electron chi connectivity index (χ1n) is 6.92. The molecule has 6 heteroatoms. The van der Waals surface area contributed by atoms with E-state index >= 15 is 0 Å². The number of amides is 3. The lowest BCUT2D eigenvalue weighted by Gasteiger charge is -2.26. The highest BCUT2D eigenvalue weighted by atomic mass is 35.5. The molecule has 0 bridgehead atoms. The maximum Gasteiger partial charge on any atom is 0.426 e. The monoisotopic (exact) mass is 327 g/mol. The van der Waals surface area contributed by atoms with Crippen LogP contribution in [0.4, 0.5) is 10.5 Å². The zero-order chi connectivity index (χ0) is 16.6. The highest BCUT2D eigenvalue weighted by Crippen LogP contribution is 2.34. The number of nitrogens with two attached hydrogens (primary N) is 1. The fraction of sp³-hybridized carbons (Fsp3) is 0.0588. The lowest BCUT2D eigenvalue weighted by atomic mass is 9.99. The summed E-state index contributed by atoms with van der Waals surface area (Å²) in [7, 11) is 1.46. The molecule has 1 aliphatic heterocycles. The Hall–Kier alpha value is -2.50. The van der Waals surface area contributed by atoms with Crippen molar-refractivity contribution in [2.75, 3.05) is 7.05 Å². The Morgan fingerprint density at radius 3 is 2.52 bits per heavy atom. The smallest absolute Gasteiger partial charge is 0.318 e. The molecule has 0 aliphatic carbocycles. The van der Waals surface area contributed by atoms with E-state index in [4.69, 9.17) is 17.3 Å². The summed E-state index contributed by atoms with van der Waals surface area (Å²) in [5.41, 5.74) is 7.94. The van der Waals surface area contributed by atoms with Crippen LogP contribution in [0.1, 0.15) is 11.1 Å². The van der Waals surface area contributed by atoms with Gasteiger partial charge in [0.1, 0.15) is 0 Å². The van der Waals surface area contributed by atoms with E-state index in [2.05, 4.69) is 4.99 Å². The number of benzene rings is 2. The predicted molar refractivity (Wildman–Crippen MR) is 90.1 cm³/mol. The van der Waals surface area contributed by atoms with Crippen LogP contribution in [0.3, 0.4) is 0 Å². The number of aliphatic imine (C=N–C) groups is 1. The summed E-state index contributed by atoms with van der Waals surface area (Å²) in [6.45, 7) is 1.14. The Kier molecular flexibility index (Phi) is 3.75. The minimum absolute atomic E-state index is 0.447. The molecule has 2 aromatic rings. The van der Waals surface area contributed by atoms with Gasteiger partial charge in [0.2, 0.25) is 6.54 Å². The third-order valence-electron chi connectivity index (χ3n) is 3.93. The molecule has 0 fully saturated rings. The second-order valence-electron chi connectivity index (χ2n) is 5.32. The third kappa shape index (κ3) is 2.44. The van der Waals surface area contributed by atoms with Gasteiger partial charge in [-0.1, -0.05) is 41.9 Å². The van der Waals surface area contributed by atoms with Crippen LogP contribution >= 0.6 is 11.6 Å². The van der Waals surface area contributed by atoms with Crippen molar-refractivity contribution in [2.45, 2.75) is 0 Å². The first-order valence-corrected chi connectivity index (χ1v) is 7.30. The molecule has 1 atom stereocenters. The van der Waals surface area contributed by atoms with E-state index in [1.54, 1.807) is 18.2 Å². The Morgan fingerprint density at radius 2 is 1.87 bits per heavy atom. The number of carbonyl (C=O) groups excluding carboxylic acids is 2. The summed E-state index contributed by atoms with van der Waals surface area (Å²) in [4.78, 5) is 28.8. The number of imide groups is 1. The van der Waals surface area contributed by atoms with Gasteiger partial charge in [-0.25, -0.2) is 9.59 Å². The van der Waals surface area contributed by atoms with Crippen molar-refractivity contribution in [1.29, 1.82) is 0 Å². The molecule has 1 aliphatic rings. The quantitative estimate of drug-likeness (QED) is 0.818. The van der Waals surface area contributed by atoms with Gasteiger partial charge in [0.25, 0.3) is 0 Å². The molecule has 5 nitrogen and oxygen atoms in total. The number of nitrogens with zero attached hydrogens (tertiary/aromatic N) is 2. The average molecular weight is 328 g/mol. The van der Waals surface area contributed by atoms with Crippen LogP contribution in [0.25, 0.3) is 0 Å². The van der Waals surface area contributed by atoms with Crippen LogP contribution in [0.15, 0.2) is 53.5 Å². The van der Waals surface area contributed by atoms with Crippen molar-refractivity contribution >= 4 is 34.9 Å². The molecule has 23 heavy (non-hydrogen) atoms. The molecular formula is C17H14ClN3O2+. The summed E-state index contributed by atoms with van der Waals surface area (Å²) in [6, 6.07) is 13.6. The number of halogens is 1. The highest BCUT2D eigenvalue weighted by Gasteiger charge is 2.45. The van der Waals surface area contributed by atoms with Crippen molar-refractivity contribution in [1.82, 2.24) is 4.48 Å². The first-order chi connectivity index (χ1) is 10.9. The molecule has 3 rings (SSSR count). The SMILES string of the molecule is C[N+]1(C(N)=O)C(=O)[CH]N=C(c2ccccc2)c2cc(Cl)ccc21. The Bertz CT molecular complexity index is 833. The minimum Gasteiger partial charge on any atom is -0.318 e. The molecule has 0 spiro atoms. The molecule has 0 aromatic heterocycles. The molecule has 0 saturated carbocycles. The predicted octanol–water partition coefficient (Wildman–Crippen LogP) is 2.90. The Balaban J connectivity index is 2.32. The minimum atomic E-state index is -0.778. The largest absolute Gasteiger partial charge is 0.426 e. The van der Waals surface area contributed by atoms with E-state index in [1.165, 1.54) is 7.05 Å². The van der Waals surface area contributed by atoms with Crippen LogP contribution in [-0.4, -0.2) is 24.7 Å². The average Bonchev–Trinajstić information content (AvgIpc) is 2.65. The fourth-order valence-corrected chi connectivity index (χ4v) is 2.74. The lowest BCUT2D eigenvalue weighted by molar-refractivity contribution is -0.123. The molecule has 1 heterocycles. The number of hydrogen-bond donors (Lipinski definition) is 1. The Labute approximate surface area is 138 Å². The molecule has 2 aromatic carbocycles. The van der Waals surface area contributed by atoms with Crippen molar-refractivity contribution < 1.29 is 9.59 Å². The number of primary amides is 1. The number of benzodiazepines with no additional fused rings is 1. The lowest BCUT2D eigenvalue weighted by Crippen LogP contribution is -2.58. The normalized spacial score (nSPS) is 20.4. The maximum absolute atomic E-state index is 12.5. The number of likely N-dealkylation sites (N-methyl/N-ethyl adjacent to an activating group) is 1. The van der Waals surface area contributed by atoms with Crippen LogP contribution in [0.2, 0.25) is 5.02 Å². The second-order valence-corrected chi connectivity index (χ2v) is 5.75. The topological polar surface area (TPSA) is 72.5 Å². The molecular weight excluding hydrogens is 314 g/mol. The van der Waals surface area contributed by atoms with E-state index in [1.807, 2.05) is 30.3 Å². The van der Waals surface area contributed by atoms with E-state index in [9.17, 15) is 9.59 Å². The highest BCUT2D eigenvalue weighted by molar-refractivity contribution is 6.32. The van der Waals surface area contributed by atoms with Gasteiger partial charge in [-0.15, -0.1) is 4.48 Å². The van der Waals surface area contributed by atoms with Crippen molar-refractivity contribution in [3.63, 3.8) is 0 Å². The number of carbonyl (C=O) groups is 2. The van der Waals surface area contributed by atoms with Gasteiger partial charge in [0.15, 0.2) is 5.69 Å². The van der Waals surface area contributed by atoms with Gasteiger partial charge in [0, 0.05) is 16.7 Å². The van der Waals surface area contributed by atoms with E-state index in [-0.39, 0.29) is 0 Å². The number of hydrogen-bond acceptors (Lipinski definition) is 3. The second kappa shape index (κ2) is 5.61. The maximum atomic E-state index is 12.5. The van der Waals surface area contributed by atoms with Crippen LogP contribution in [0.5, 0.6) is 0 Å². The fourth-order valence-electron chi connectivity index (χ4n) is 2.56. The molecule has 1 radical (unpaired) electrons. The summed E-state index contributed by atoms with van der Waals surface area (Å²) in [5, 5.41) is 0.484. The van der Waals surface area contributed by atoms with Gasteiger partial charge in [-0.3, -0.25) is 4.99 Å². The van der Waals surface area contributed by atoms with E-state index in [0.29, 0.717) is 22.0 Å². The molecule has 2 N–H and O–H groups in total. The zero-order valence-electron chi connectivity index (χ0n) is 12.4. The molecule has 1 unspecified atom stereocenters. The van der Waals surface area contributed by atoms with Gasteiger partial charge in [-0.2, -0.15) is 0 Å². The summed E-state index contributed by atoms with van der Waals surface area (Å²) < 4.78 is -0.688. The summed E-state index contributed by atoms with van der Waals surface area (Å²) in [6.07, 6.45) is 0. The van der Waals surface area contributed by atoms with E-state index in [0.717, 1.165) is 12.1 Å². The Morgan fingerprint density at radius 1 is 1.17 bits per heavy atom. The number of quaternary nitrogens is 1. The van der Waals surface area contributed by atoms with Gasteiger partial charge in [0.05, 0.1) is 18.3 Å². The molecule has 3 amide bonds. The van der Waals surface area contributed by atoms with Crippen LogP contribution in [-0.2, 0) is 4.79 Å². The molecule has 115 valence electrons. The number of urea groups is 1. The van der Waals surface area contributed by atoms with Crippen molar-refractivity contribution in [3.8, 4) is 0 Å². The standard InChI is InChI=1S/C17H13ClN3O2/c1-21(17(19)23)14-8-7-12(18)9-13(14)16(20-10-15(21)22)11-5-3-2-4-6-11/h2-10H,1H3,(H-,19,23)/p+1. The first kappa shape index (κ1) is 15.4. The van der Waals surface area contributed by atoms with Gasteiger partial charge in [-0.05, 0) is 12.1 Å². The number of fused-ring (bicyclic) bond motifs is 1. The van der Waals surface area contributed by atoms with Crippen molar-refractivity contribution in [3.05, 3.63) is 71.2 Å². The van der Waals surface area contributed by atoms with Crippen LogP contribution < -0.4 is 10.2 Å². The van der Waals surface area contributed by atoms with Crippen LogP contribution in [0, 0.1) is 6.54 Å². The molecule has 0 saturated heterocycles. The summed E-state index contributed by atoms with van der Waals surface area (Å²) in [5.74, 6) is -0.507. The third-order valence-corrected chi connectivity index (χ3v) is 4.16. The summed E-state index contributed by atoms with van der Waals surface area (Å²) >= 11 is 6.12. The zero-order valence-corrected chi connectivity index (χ0v) is 13.1. The van der Waals surface area contributed by atoms with Gasteiger partial charge >= 0.3 is 11.9 Å². The number of rotatable bonds is 1.